The summed E-state index contributed by atoms with van der Waals surface area (Å²) in [7, 11) is 1.51. The number of rotatable bonds is 6. The second kappa shape index (κ2) is 7.20. The maximum Gasteiger partial charge on any atom is 0.269 e. The van der Waals surface area contributed by atoms with Crippen LogP contribution in [0.4, 0.5) is 0 Å². The van der Waals surface area contributed by atoms with Crippen molar-refractivity contribution in [3.63, 3.8) is 0 Å². The Hall–Kier alpha value is -2.99. The number of nitrogens with zero attached hydrogens (tertiary/aromatic N) is 1. The summed E-state index contributed by atoms with van der Waals surface area (Å²) in [5, 5.41) is 14.4. The summed E-state index contributed by atoms with van der Waals surface area (Å²) in [6, 6.07) is 10.6. The van der Waals surface area contributed by atoms with E-state index in [2.05, 4.69) is 22.2 Å². The molecule has 0 aliphatic heterocycles. The van der Waals surface area contributed by atoms with Crippen molar-refractivity contribution in [2.75, 3.05) is 7.05 Å². The number of H-pyrrole nitrogens is 1. The number of hydrogen-bond donors (Lipinski definition) is 3. The Morgan fingerprint density at radius 3 is 2.82 bits per heavy atom. The van der Waals surface area contributed by atoms with E-state index in [1.165, 1.54) is 13.1 Å². The molecule has 1 aliphatic carbocycles. The lowest BCUT2D eigenvalue weighted by Crippen LogP contribution is -2.21. The van der Waals surface area contributed by atoms with Gasteiger partial charge >= 0.3 is 0 Å². The molecule has 2 heterocycles. The molecule has 144 valence electrons. The number of carbonyl (C=O) groups is 2. The van der Waals surface area contributed by atoms with E-state index in [9.17, 15) is 14.7 Å². The highest BCUT2D eigenvalue weighted by atomic mass is 16.3. The van der Waals surface area contributed by atoms with Gasteiger partial charge in [-0.15, -0.1) is 0 Å². The molecule has 0 bridgehead atoms. The Morgan fingerprint density at radius 1 is 1.32 bits per heavy atom. The smallest absolute Gasteiger partial charge is 0.269 e. The van der Waals surface area contributed by atoms with Gasteiger partial charge in [0.05, 0.1) is 5.69 Å². The molecule has 6 heteroatoms. The van der Waals surface area contributed by atoms with E-state index in [-0.39, 0.29) is 17.4 Å². The SMILES string of the molecule is CNC(=O)c1cc(C(=O)C[C@H]2C[C@@H]2C)cc(C(O)c2cccc3[nH]ccc23)n1. The zero-order chi connectivity index (χ0) is 19.8. The van der Waals surface area contributed by atoms with Crippen molar-refractivity contribution in [2.24, 2.45) is 11.8 Å². The number of pyridine rings is 1. The number of Topliss-reactive ketones (excluding diaryl/α,β-unsaturated/α-hetero) is 1. The van der Waals surface area contributed by atoms with Gasteiger partial charge < -0.3 is 15.4 Å². The third kappa shape index (κ3) is 3.43. The van der Waals surface area contributed by atoms with Gasteiger partial charge in [-0.05, 0) is 48.1 Å². The number of nitrogens with one attached hydrogen (secondary N) is 2. The zero-order valence-electron chi connectivity index (χ0n) is 15.9. The maximum atomic E-state index is 12.7. The van der Waals surface area contributed by atoms with Crippen LogP contribution in [0.25, 0.3) is 10.9 Å². The molecule has 2 aromatic heterocycles. The van der Waals surface area contributed by atoms with Gasteiger partial charge in [0.25, 0.3) is 5.91 Å². The number of fused-ring (bicyclic) bond motifs is 1. The van der Waals surface area contributed by atoms with Crippen molar-refractivity contribution in [1.29, 1.82) is 0 Å². The Labute approximate surface area is 163 Å². The first kappa shape index (κ1) is 18.4. The monoisotopic (exact) mass is 377 g/mol. The lowest BCUT2D eigenvalue weighted by Gasteiger charge is -2.14. The summed E-state index contributed by atoms with van der Waals surface area (Å²) in [6.07, 6.45) is 2.28. The normalized spacial score (nSPS) is 19.4. The molecule has 6 nitrogen and oxygen atoms in total. The van der Waals surface area contributed by atoms with Crippen LogP contribution in [0.15, 0.2) is 42.6 Å². The fraction of sp³-hybridized carbons (Fsp3) is 0.318. The molecule has 1 unspecified atom stereocenters. The Balaban J connectivity index is 1.74. The number of aromatic amines is 1. The van der Waals surface area contributed by atoms with Crippen molar-refractivity contribution >= 4 is 22.6 Å². The number of amides is 1. The number of aliphatic hydroxyl groups excluding tert-OH is 1. The lowest BCUT2D eigenvalue weighted by atomic mass is 9.98. The van der Waals surface area contributed by atoms with Gasteiger partial charge in [0.15, 0.2) is 5.78 Å². The molecule has 1 aliphatic rings. The summed E-state index contributed by atoms with van der Waals surface area (Å²) in [5.41, 5.74) is 2.42. The molecule has 3 N–H and O–H groups in total. The van der Waals surface area contributed by atoms with Crippen LogP contribution in [-0.2, 0) is 0 Å². The molecule has 1 aromatic carbocycles. The first-order valence-corrected chi connectivity index (χ1v) is 9.49. The lowest BCUT2D eigenvalue weighted by molar-refractivity contribution is 0.0957. The van der Waals surface area contributed by atoms with Gasteiger partial charge in [-0.25, -0.2) is 4.98 Å². The molecule has 1 saturated carbocycles. The zero-order valence-corrected chi connectivity index (χ0v) is 15.9. The van der Waals surface area contributed by atoms with Gasteiger partial charge in [-0.2, -0.15) is 0 Å². The molecular formula is C22H23N3O3. The van der Waals surface area contributed by atoms with Crippen LogP contribution < -0.4 is 5.32 Å². The number of hydrogen-bond acceptors (Lipinski definition) is 4. The van der Waals surface area contributed by atoms with E-state index >= 15 is 0 Å². The van der Waals surface area contributed by atoms with E-state index < -0.39 is 6.10 Å². The molecule has 4 rings (SSSR count). The van der Waals surface area contributed by atoms with E-state index in [1.54, 1.807) is 12.3 Å². The topological polar surface area (TPSA) is 95.1 Å². The quantitative estimate of drug-likeness (QED) is 0.575. The summed E-state index contributed by atoms with van der Waals surface area (Å²) in [5.74, 6) is 0.574. The summed E-state index contributed by atoms with van der Waals surface area (Å²) in [4.78, 5) is 32.4. The van der Waals surface area contributed by atoms with Crippen molar-refractivity contribution in [3.8, 4) is 0 Å². The fourth-order valence-corrected chi connectivity index (χ4v) is 3.64. The predicted molar refractivity (Wildman–Crippen MR) is 106 cm³/mol. The molecule has 3 aromatic rings. The first-order chi connectivity index (χ1) is 13.5. The van der Waals surface area contributed by atoms with Crippen molar-refractivity contribution in [2.45, 2.75) is 25.9 Å². The van der Waals surface area contributed by atoms with Gasteiger partial charge in [0, 0.05) is 36.1 Å². The van der Waals surface area contributed by atoms with Crippen LogP contribution in [-0.4, -0.2) is 33.8 Å². The van der Waals surface area contributed by atoms with E-state index in [1.807, 2.05) is 24.3 Å². The first-order valence-electron chi connectivity index (χ1n) is 9.49. The Morgan fingerprint density at radius 2 is 2.11 bits per heavy atom. The minimum Gasteiger partial charge on any atom is -0.382 e. The average Bonchev–Trinajstić information content (AvgIpc) is 3.19. The highest BCUT2D eigenvalue weighted by Crippen LogP contribution is 2.41. The second-order valence-corrected chi connectivity index (χ2v) is 7.53. The van der Waals surface area contributed by atoms with Crippen molar-refractivity contribution in [1.82, 2.24) is 15.3 Å². The number of carbonyl (C=O) groups excluding carboxylic acids is 2. The van der Waals surface area contributed by atoms with Crippen molar-refractivity contribution < 1.29 is 14.7 Å². The van der Waals surface area contributed by atoms with Crippen LogP contribution in [0.5, 0.6) is 0 Å². The second-order valence-electron chi connectivity index (χ2n) is 7.53. The third-order valence-electron chi connectivity index (χ3n) is 5.55. The van der Waals surface area contributed by atoms with Crippen molar-refractivity contribution in [3.05, 3.63) is 65.1 Å². The van der Waals surface area contributed by atoms with Gasteiger partial charge in [0.2, 0.25) is 0 Å². The van der Waals surface area contributed by atoms with E-state index in [0.717, 1.165) is 17.3 Å². The van der Waals surface area contributed by atoms with Gasteiger partial charge in [-0.1, -0.05) is 19.1 Å². The van der Waals surface area contributed by atoms with Crippen LogP contribution in [0, 0.1) is 11.8 Å². The minimum absolute atomic E-state index is 0.0183. The maximum absolute atomic E-state index is 12.7. The number of benzene rings is 1. The summed E-state index contributed by atoms with van der Waals surface area (Å²) < 4.78 is 0. The Bertz CT molecular complexity index is 1060. The van der Waals surface area contributed by atoms with Crippen LogP contribution in [0.2, 0.25) is 0 Å². The third-order valence-corrected chi connectivity index (χ3v) is 5.55. The van der Waals surface area contributed by atoms with E-state index in [4.69, 9.17) is 0 Å². The molecule has 3 atom stereocenters. The highest BCUT2D eigenvalue weighted by molar-refractivity contribution is 6.00. The molecule has 0 saturated heterocycles. The minimum atomic E-state index is -1.05. The van der Waals surface area contributed by atoms with E-state index in [0.29, 0.717) is 35.1 Å². The predicted octanol–water partition coefficient (Wildman–Crippen LogP) is 3.23. The van der Waals surface area contributed by atoms with Gasteiger partial charge in [-0.3, -0.25) is 9.59 Å². The number of aliphatic hydroxyl groups is 1. The number of aromatic nitrogens is 2. The fourth-order valence-electron chi connectivity index (χ4n) is 3.64. The molecule has 1 amide bonds. The molecule has 1 fully saturated rings. The van der Waals surface area contributed by atoms with Crippen LogP contribution in [0.3, 0.4) is 0 Å². The summed E-state index contributed by atoms with van der Waals surface area (Å²) >= 11 is 0. The highest BCUT2D eigenvalue weighted by Gasteiger charge is 2.34. The molecule has 0 spiro atoms. The van der Waals surface area contributed by atoms with Crippen LogP contribution in [0.1, 0.15) is 58.0 Å². The van der Waals surface area contributed by atoms with Gasteiger partial charge in [0.1, 0.15) is 11.8 Å². The standard InChI is InChI=1S/C22H23N3O3/c1-12-8-13(12)11-20(26)14-9-18(25-19(10-14)22(28)23-2)21(27)16-4-3-5-17-15(16)6-7-24-17/h3-7,9-10,12-13,21,24,27H,8,11H2,1-2H3,(H,23,28)/t12-,13+,21?/m0/s1. The molecule has 28 heavy (non-hydrogen) atoms. The largest absolute Gasteiger partial charge is 0.382 e. The number of ketones is 1. The molecule has 0 radical (unpaired) electrons. The average molecular weight is 377 g/mol. The Kier molecular flexibility index (Phi) is 4.73. The van der Waals surface area contributed by atoms with Crippen LogP contribution >= 0.6 is 0 Å². The summed E-state index contributed by atoms with van der Waals surface area (Å²) in [6.45, 7) is 2.13. The molecular weight excluding hydrogens is 354 g/mol.